The van der Waals surface area contributed by atoms with Crippen molar-refractivity contribution in [1.82, 2.24) is 9.80 Å². The van der Waals surface area contributed by atoms with Crippen molar-refractivity contribution in [2.75, 3.05) is 31.1 Å². The lowest BCUT2D eigenvalue weighted by Gasteiger charge is -2.36. The molecule has 0 radical (unpaired) electrons. The highest BCUT2D eigenvalue weighted by Crippen LogP contribution is 2.34. The van der Waals surface area contributed by atoms with Gasteiger partial charge >= 0.3 is 12.1 Å². The van der Waals surface area contributed by atoms with Gasteiger partial charge in [-0.2, -0.15) is 0 Å². The Morgan fingerprint density at radius 1 is 1.03 bits per heavy atom. The summed E-state index contributed by atoms with van der Waals surface area (Å²) in [6.07, 6.45) is -0.311. The molecular weight excluding hydrogens is 398 g/mol. The summed E-state index contributed by atoms with van der Waals surface area (Å²) < 4.78 is 5.44. The van der Waals surface area contributed by atoms with Gasteiger partial charge in [0.1, 0.15) is 11.6 Å². The topological polar surface area (TPSA) is 90.4 Å². The van der Waals surface area contributed by atoms with E-state index in [-0.39, 0.29) is 12.0 Å². The van der Waals surface area contributed by atoms with Crippen LogP contribution in [0, 0.1) is 5.41 Å². The van der Waals surface area contributed by atoms with Crippen molar-refractivity contribution in [2.45, 2.75) is 59.7 Å². The molecule has 1 N–H and O–H groups in total. The van der Waals surface area contributed by atoms with Gasteiger partial charge < -0.3 is 24.5 Å². The Kier molecular flexibility index (Phi) is 5.95. The Morgan fingerprint density at radius 3 is 2.16 bits per heavy atom. The number of carboxylic acid groups (broad SMARTS) is 1. The summed E-state index contributed by atoms with van der Waals surface area (Å²) in [5.41, 5.74) is 1.20. The molecule has 1 fully saturated rings. The number of carbonyl (C=O) groups excluding carboxylic acids is 2. The fourth-order valence-electron chi connectivity index (χ4n) is 4.16. The smallest absolute Gasteiger partial charge is 0.410 e. The maximum atomic E-state index is 13.1. The average Bonchev–Trinajstić information content (AvgIpc) is 2.95. The van der Waals surface area contributed by atoms with E-state index in [0.29, 0.717) is 38.3 Å². The normalized spacial score (nSPS) is 18.1. The molecule has 0 saturated carbocycles. The van der Waals surface area contributed by atoms with Crippen LogP contribution in [0.25, 0.3) is 0 Å². The van der Waals surface area contributed by atoms with Crippen LogP contribution in [-0.4, -0.2) is 70.7 Å². The Labute approximate surface area is 183 Å². The van der Waals surface area contributed by atoms with E-state index in [0.717, 1.165) is 11.3 Å². The van der Waals surface area contributed by atoms with Gasteiger partial charge in [0.2, 0.25) is 0 Å². The van der Waals surface area contributed by atoms with Crippen molar-refractivity contribution < 1.29 is 24.2 Å². The summed E-state index contributed by atoms with van der Waals surface area (Å²) in [7, 11) is 0. The summed E-state index contributed by atoms with van der Waals surface area (Å²) in [5.74, 6) is -1.24. The van der Waals surface area contributed by atoms with Gasteiger partial charge in [0, 0.05) is 44.0 Å². The van der Waals surface area contributed by atoms with Gasteiger partial charge in [-0.05, 0) is 43.9 Å². The Balaban J connectivity index is 1.71. The summed E-state index contributed by atoms with van der Waals surface area (Å²) in [6.45, 7) is 13.7. The molecule has 0 bridgehead atoms. The molecule has 2 heterocycles. The van der Waals surface area contributed by atoms with E-state index in [1.54, 1.807) is 4.90 Å². The number of rotatable bonds is 3. The molecule has 1 saturated heterocycles. The van der Waals surface area contributed by atoms with E-state index in [1.165, 1.54) is 4.90 Å². The van der Waals surface area contributed by atoms with Crippen LogP contribution in [0.5, 0.6) is 0 Å². The maximum absolute atomic E-state index is 13.1. The molecule has 8 nitrogen and oxygen atoms in total. The lowest BCUT2D eigenvalue weighted by molar-refractivity contribution is -0.146. The highest BCUT2D eigenvalue weighted by atomic mass is 16.6. The SMILES string of the molecule is CC(C)(C)OC(=O)N1CCN(c2ccc3c(c2)C(=O)N([C@H](C(=O)O)C(C)(C)C)C3)CC1. The van der Waals surface area contributed by atoms with Gasteiger partial charge in [-0.1, -0.05) is 26.8 Å². The number of hydrogen-bond acceptors (Lipinski definition) is 5. The zero-order chi connectivity index (χ0) is 23.1. The van der Waals surface area contributed by atoms with Gasteiger partial charge in [-0.25, -0.2) is 9.59 Å². The second kappa shape index (κ2) is 8.05. The predicted molar refractivity (Wildman–Crippen MR) is 117 cm³/mol. The zero-order valence-electron chi connectivity index (χ0n) is 19.3. The monoisotopic (exact) mass is 431 g/mol. The largest absolute Gasteiger partial charge is 0.480 e. The van der Waals surface area contributed by atoms with E-state index < -0.39 is 23.0 Å². The first kappa shape index (κ1) is 22.9. The number of carbonyl (C=O) groups is 3. The number of aliphatic carboxylic acids is 1. The molecule has 0 aromatic heterocycles. The van der Waals surface area contributed by atoms with Crippen LogP contribution < -0.4 is 4.90 Å². The van der Waals surface area contributed by atoms with Gasteiger partial charge in [-0.3, -0.25) is 4.79 Å². The van der Waals surface area contributed by atoms with Crippen molar-refractivity contribution in [2.24, 2.45) is 5.41 Å². The molecule has 1 aromatic carbocycles. The van der Waals surface area contributed by atoms with Crippen LogP contribution >= 0.6 is 0 Å². The average molecular weight is 432 g/mol. The highest BCUT2D eigenvalue weighted by molar-refractivity contribution is 6.01. The molecule has 0 aliphatic carbocycles. The first-order valence-corrected chi connectivity index (χ1v) is 10.7. The van der Waals surface area contributed by atoms with Crippen molar-refractivity contribution in [3.63, 3.8) is 0 Å². The number of fused-ring (bicyclic) bond motifs is 1. The first-order valence-electron chi connectivity index (χ1n) is 10.7. The molecular formula is C23H33N3O5. The lowest BCUT2D eigenvalue weighted by Crippen LogP contribution is -2.50. The van der Waals surface area contributed by atoms with Gasteiger partial charge in [0.05, 0.1) is 0 Å². The van der Waals surface area contributed by atoms with Crippen molar-refractivity contribution in [3.8, 4) is 0 Å². The number of piperazine rings is 1. The Bertz CT molecular complexity index is 876. The molecule has 2 amide bonds. The van der Waals surface area contributed by atoms with Crippen LogP contribution in [0.2, 0.25) is 0 Å². The van der Waals surface area contributed by atoms with E-state index in [4.69, 9.17) is 4.74 Å². The standard InChI is InChI=1S/C23H33N3O5/c1-22(2,3)18(20(28)29)26-14-15-7-8-16(13-17(15)19(26)27)24-9-11-25(12-10-24)21(30)31-23(4,5)6/h7-8,13,18H,9-12,14H2,1-6H3,(H,28,29)/t18-/m1/s1. The molecule has 8 heteroatoms. The Hall–Kier alpha value is -2.77. The van der Waals surface area contributed by atoms with E-state index >= 15 is 0 Å². The number of ether oxygens (including phenoxy) is 1. The third kappa shape index (κ3) is 4.94. The molecule has 0 spiro atoms. The van der Waals surface area contributed by atoms with E-state index in [1.807, 2.05) is 59.7 Å². The van der Waals surface area contributed by atoms with Gasteiger partial charge in [0.15, 0.2) is 0 Å². The second-order valence-electron chi connectivity index (χ2n) is 10.3. The van der Waals surface area contributed by atoms with Crippen LogP contribution in [0.4, 0.5) is 10.5 Å². The van der Waals surface area contributed by atoms with Crippen LogP contribution in [0.15, 0.2) is 18.2 Å². The molecule has 1 aromatic rings. The molecule has 1 atom stereocenters. The van der Waals surface area contributed by atoms with Crippen LogP contribution in [0.1, 0.15) is 57.5 Å². The van der Waals surface area contributed by atoms with Crippen molar-refractivity contribution in [3.05, 3.63) is 29.3 Å². The predicted octanol–water partition coefficient (Wildman–Crippen LogP) is 3.20. The number of carboxylic acids is 1. The Morgan fingerprint density at radius 2 is 1.65 bits per heavy atom. The number of amides is 2. The lowest BCUT2D eigenvalue weighted by atomic mass is 9.85. The summed E-state index contributed by atoms with van der Waals surface area (Å²) in [6, 6.07) is 4.83. The summed E-state index contributed by atoms with van der Waals surface area (Å²) in [4.78, 5) is 42.5. The number of anilines is 1. The first-order chi connectivity index (χ1) is 14.3. The summed E-state index contributed by atoms with van der Waals surface area (Å²) >= 11 is 0. The molecule has 0 unspecified atom stereocenters. The van der Waals surface area contributed by atoms with Crippen LogP contribution in [-0.2, 0) is 16.1 Å². The third-order valence-corrected chi connectivity index (χ3v) is 5.59. The van der Waals surface area contributed by atoms with E-state index in [9.17, 15) is 19.5 Å². The molecule has 2 aliphatic rings. The third-order valence-electron chi connectivity index (χ3n) is 5.59. The highest BCUT2D eigenvalue weighted by Gasteiger charge is 2.43. The van der Waals surface area contributed by atoms with Crippen molar-refractivity contribution in [1.29, 1.82) is 0 Å². The number of benzene rings is 1. The molecule has 170 valence electrons. The minimum Gasteiger partial charge on any atom is -0.480 e. The molecule has 3 rings (SSSR count). The fraction of sp³-hybridized carbons (Fsp3) is 0.609. The second-order valence-corrected chi connectivity index (χ2v) is 10.3. The minimum absolute atomic E-state index is 0.244. The zero-order valence-corrected chi connectivity index (χ0v) is 19.3. The fourth-order valence-corrected chi connectivity index (χ4v) is 4.16. The number of hydrogen-bond donors (Lipinski definition) is 1. The minimum atomic E-state index is -0.993. The quantitative estimate of drug-likeness (QED) is 0.790. The van der Waals surface area contributed by atoms with Crippen LogP contribution in [0.3, 0.4) is 0 Å². The molecule has 31 heavy (non-hydrogen) atoms. The van der Waals surface area contributed by atoms with Gasteiger partial charge in [0.25, 0.3) is 5.91 Å². The molecule has 2 aliphatic heterocycles. The maximum Gasteiger partial charge on any atom is 0.410 e. The summed E-state index contributed by atoms with van der Waals surface area (Å²) in [5, 5.41) is 9.72. The van der Waals surface area contributed by atoms with E-state index in [2.05, 4.69) is 4.90 Å². The van der Waals surface area contributed by atoms with Gasteiger partial charge in [-0.15, -0.1) is 0 Å². The van der Waals surface area contributed by atoms with Crippen molar-refractivity contribution >= 4 is 23.7 Å². The number of nitrogens with zero attached hydrogens (tertiary/aromatic N) is 3.